The van der Waals surface area contributed by atoms with Crippen molar-refractivity contribution < 1.29 is 0 Å². The van der Waals surface area contributed by atoms with Crippen LogP contribution in [0.3, 0.4) is 0 Å². The maximum absolute atomic E-state index is 2.75. The Bertz CT molecular complexity index is 468. The van der Waals surface area contributed by atoms with E-state index in [2.05, 4.69) is 48.8 Å². The minimum atomic E-state index is 0.687. The summed E-state index contributed by atoms with van der Waals surface area (Å²) >= 11 is 0. The lowest BCUT2D eigenvalue weighted by Crippen LogP contribution is -2.59. The highest BCUT2D eigenvalue weighted by Crippen LogP contribution is 2.30. The normalized spacial score (nSPS) is 27.4. The summed E-state index contributed by atoms with van der Waals surface area (Å²) in [4.78, 5) is 5.42. The van der Waals surface area contributed by atoms with Crippen molar-refractivity contribution in [2.45, 2.75) is 58.5 Å². The Balaban J connectivity index is 1.84. The summed E-state index contributed by atoms with van der Waals surface area (Å²) in [5.74, 6) is 0. The molecule has 0 N–H and O–H groups in total. The van der Waals surface area contributed by atoms with Crippen LogP contribution in [0.2, 0.25) is 0 Å². The lowest BCUT2D eigenvalue weighted by molar-refractivity contribution is 0.111. The molecule has 0 bridgehead atoms. The van der Waals surface area contributed by atoms with E-state index in [0.29, 0.717) is 6.04 Å². The average Bonchev–Trinajstić information content (AvgIpc) is 2.48. The molecule has 0 amide bonds. The molecule has 0 aliphatic carbocycles. The summed E-state index contributed by atoms with van der Waals surface area (Å²) in [6.07, 6.45) is 5.45. The van der Waals surface area contributed by atoms with Gasteiger partial charge in [-0.25, -0.2) is 0 Å². The fraction of sp³-hybridized carbons (Fsp3) is 0.667. The van der Waals surface area contributed by atoms with Gasteiger partial charge in [0.05, 0.1) is 0 Å². The summed E-state index contributed by atoms with van der Waals surface area (Å²) < 4.78 is 0. The maximum Gasteiger partial charge on any atom is 0.0415 e. The number of aryl methyl sites for hydroxylation is 2. The molecule has 1 aromatic carbocycles. The molecule has 2 aliphatic heterocycles. The summed E-state index contributed by atoms with van der Waals surface area (Å²) in [7, 11) is 0. The van der Waals surface area contributed by atoms with Crippen molar-refractivity contribution in [3.8, 4) is 0 Å². The molecule has 0 radical (unpaired) electrons. The predicted octanol–water partition coefficient (Wildman–Crippen LogP) is 3.76. The third-order valence-corrected chi connectivity index (χ3v) is 5.34. The molecule has 0 aromatic heterocycles. The van der Waals surface area contributed by atoms with E-state index >= 15 is 0 Å². The van der Waals surface area contributed by atoms with Gasteiger partial charge in [-0.15, -0.1) is 0 Å². The first kappa shape index (κ1) is 13.9. The van der Waals surface area contributed by atoms with Gasteiger partial charge in [-0.1, -0.05) is 19.4 Å². The Kier molecular flexibility index (Phi) is 4.02. The number of piperidine rings is 1. The van der Waals surface area contributed by atoms with Crippen LogP contribution in [0.25, 0.3) is 0 Å². The van der Waals surface area contributed by atoms with Gasteiger partial charge in [-0.2, -0.15) is 0 Å². The van der Waals surface area contributed by atoms with Gasteiger partial charge >= 0.3 is 0 Å². The Morgan fingerprint density at radius 2 is 1.95 bits per heavy atom. The first-order valence-corrected chi connectivity index (χ1v) is 8.27. The van der Waals surface area contributed by atoms with E-state index < -0.39 is 0 Å². The Hall–Kier alpha value is -1.02. The summed E-state index contributed by atoms with van der Waals surface area (Å²) in [5, 5.41) is 0. The predicted molar refractivity (Wildman–Crippen MR) is 86.6 cm³/mol. The Morgan fingerprint density at radius 1 is 1.10 bits per heavy atom. The van der Waals surface area contributed by atoms with Crippen LogP contribution in [0.1, 0.15) is 43.7 Å². The SMILES string of the molecule is CCC1CN2CCCCC2CN1c1ccc(C)c(C)c1. The van der Waals surface area contributed by atoms with Gasteiger partial charge in [0.15, 0.2) is 0 Å². The van der Waals surface area contributed by atoms with Gasteiger partial charge in [-0.05, 0) is 62.9 Å². The zero-order valence-corrected chi connectivity index (χ0v) is 13.2. The minimum Gasteiger partial charge on any atom is -0.366 e. The lowest BCUT2D eigenvalue weighted by atomic mass is 9.95. The number of anilines is 1. The number of benzene rings is 1. The molecular formula is C18H28N2. The van der Waals surface area contributed by atoms with Gasteiger partial charge in [0, 0.05) is 30.9 Å². The van der Waals surface area contributed by atoms with E-state index in [-0.39, 0.29) is 0 Å². The highest BCUT2D eigenvalue weighted by atomic mass is 15.3. The number of nitrogens with zero attached hydrogens (tertiary/aromatic N) is 2. The summed E-state index contributed by atoms with van der Waals surface area (Å²) in [6, 6.07) is 8.46. The van der Waals surface area contributed by atoms with Crippen LogP contribution in [-0.2, 0) is 0 Å². The molecule has 20 heavy (non-hydrogen) atoms. The van der Waals surface area contributed by atoms with E-state index in [4.69, 9.17) is 0 Å². The number of piperazine rings is 1. The topological polar surface area (TPSA) is 6.48 Å². The molecule has 0 spiro atoms. The molecule has 3 rings (SSSR count). The molecule has 0 saturated carbocycles. The Labute approximate surface area is 123 Å². The minimum absolute atomic E-state index is 0.687. The van der Waals surface area contributed by atoms with Crippen LogP contribution >= 0.6 is 0 Å². The molecule has 2 heteroatoms. The van der Waals surface area contributed by atoms with Crippen molar-refractivity contribution in [2.24, 2.45) is 0 Å². The highest BCUT2D eigenvalue weighted by Gasteiger charge is 2.34. The van der Waals surface area contributed by atoms with Crippen molar-refractivity contribution in [3.05, 3.63) is 29.3 Å². The zero-order chi connectivity index (χ0) is 14.1. The van der Waals surface area contributed by atoms with Crippen molar-refractivity contribution in [1.29, 1.82) is 0 Å². The summed E-state index contributed by atoms with van der Waals surface area (Å²) in [6.45, 7) is 10.6. The lowest BCUT2D eigenvalue weighted by Gasteiger charge is -2.49. The molecule has 2 nitrogen and oxygen atoms in total. The molecule has 1 aromatic rings. The smallest absolute Gasteiger partial charge is 0.0415 e. The Morgan fingerprint density at radius 3 is 2.70 bits per heavy atom. The molecule has 2 atom stereocenters. The third kappa shape index (κ3) is 2.58. The second-order valence-electron chi connectivity index (χ2n) is 6.63. The second kappa shape index (κ2) is 5.77. The van der Waals surface area contributed by atoms with Gasteiger partial charge in [0.2, 0.25) is 0 Å². The van der Waals surface area contributed by atoms with Crippen LogP contribution in [0.4, 0.5) is 5.69 Å². The van der Waals surface area contributed by atoms with Crippen LogP contribution < -0.4 is 4.90 Å². The van der Waals surface area contributed by atoms with Crippen LogP contribution in [0.5, 0.6) is 0 Å². The van der Waals surface area contributed by atoms with Crippen molar-refractivity contribution in [2.75, 3.05) is 24.5 Å². The van der Waals surface area contributed by atoms with E-state index in [9.17, 15) is 0 Å². The molecule has 2 aliphatic rings. The van der Waals surface area contributed by atoms with Gasteiger partial charge in [-0.3, -0.25) is 4.90 Å². The largest absolute Gasteiger partial charge is 0.366 e. The van der Waals surface area contributed by atoms with Gasteiger partial charge < -0.3 is 4.90 Å². The van der Waals surface area contributed by atoms with Crippen LogP contribution in [0.15, 0.2) is 18.2 Å². The van der Waals surface area contributed by atoms with Crippen molar-refractivity contribution in [3.63, 3.8) is 0 Å². The van der Waals surface area contributed by atoms with E-state index in [0.717, 1.165) is 6.04 Å². The van der Waals surface area contributed by atoms with Gasteiger partial charge in [0.1, 0.15) is 0 Å². The number of rotatable bonds is 2. The van der Waals surface area contributed by atoms with Crippen molar-refractivity contribution in [1.82, 2.24) is 4.90 Å². The van der Waals surface area contributed by atoms with Gasteiger partial charge in [0.25, 0.3) is 0 Å². The van der Waals surface area contributed by atoms with E-state index in [1.54, 1.807) is 0 Å². The molecule has 2 fully saturated rings. The van der Waals surface area contributed by atoms with E-state index in [1.807, 2.05) is 0 Å². The molecule has 2 unspecified atom stereocenters. The molecule has 110 valence electrons. The molecule has 2 saturated heterocycles. The number of hydrogen-bond donors (Lipinski definition) is 0. The maximum atomic E-state index is 2.75. The van der Waals surface area contributed by atoms with E-state index in [1.165, 1.54) is 62.1 Å². The summed E-state index contributed by atoms with van der Waals surface area (Å²) in [5.41, 5.74) is 4.26. The second-order valence-corrected chi connectivity index (χ2v) is 6.63. The number of fused-ring (bicyclic) bond motifs is 1. The number of hydrogen-bond acceptors (Lipinski definition) is 2. The zero-order valence-electron chi connectivity index (χ0n) is 13.2. The van der Waals surface area contributed by atoms with Crippen molar-refractivity contribution >= 4 is 5.69 Å². The first-order valence-electron chi connectivity index (χ1n) is 8.27. The monoisotopic (exact) mass is 272 g/mol. The highest BCUT2D eigenvalue weighted by molar-refractivity contribution is 5.52. The third-order valence-electron chi connectivity index (χ3n) is 5.34. The standard InChI is InChI=1S/C18H28N2/c1-4-16-12-19-10-6-5-7-18(19)13-20(16)17-9-8-14(2)15(3)11-17/h8-9,11,16,18H,4-7,10,12-13H2,1-3H3. The fourth-order valence-electron chi connectivity index (χ4n) is 3.82. The molecule has 2 heterocycles. The van der Waals surface area contributed by atoms with Crippen LogP contribution in [-0.4, -0.2) is 36.6 Å². The average molecular weight is 272 g/mol. The fourth-order valence-corrected chi connectivity index (χ4v) is 3.82. The quantitative estimate of drug-likeness (QED) is 0.809. The molecular weight excluding hydrogens is 244 g/mol. The van der Waals surface area contributed by atoms with Crippen LogP contribution in [0, 0.1) is 13.8 Å². The first-order chi connectivity index (χ1) is 9.69.